The molecule has 0 aromatic carbocycles. The van der Waals surface area contributed by atoms with E-state index in [0.29, 0.717) is 26.4 Å². The molecule has 1 heterocycles. The fourth-order valence-electron chi connectivity index (χ4n) is 1.72. The molecule has 0 aliphatic carbocycles. The summed E-state index contributed by atoms with van der Waals surface area (Å²) in [6, 6.07) is 0. The minimum Gasteiger partial charge on any atom is -0.379 e. The average Bonchev–Trinajstić information content (AvgIpc) is 2.13. The van der Waals surface area contributed by atoms with Crippen molar-refractivity contribution >= 4 is 0 Å². The summed E-state index contributed by atoms with van der Waals surface area (Å²) in [5.41, 5.74) is -0.201. The van der Waals surface area contributed by atoms with Crippen LogP contribution in [0.2, 0.25) is 0 Å². The van der Waals surface area contributed by atoms with Crippen LogP contribution in [0.25, 0.3) is 0 Å². The largest absolute Gasteiger partial charge is 0.379 e. The second-order valence-electron chi connectivity index (χ2n) is 3.68. The van der Waals surface area contributed by atoms with Crippen LogP contribution < -0.4 is 0 Å². The molecule has 0 N–H and O–H groups in total. The second-order valence-corrected chi connectivity index (χ2v) is 3.68. The summed E-state index contributed by atoms with van der Waals surface area (Å²) in [5.74, 6) is -0.950. The highest BCUT2D eigenvalue weighted by atomic mass is 16.9. The lowest BCUT2D eigenvalue weighted by atomic mass is 9.85. The number of rotatable bonds is 6. The van der Waals surface area contributed by atoms with E-state index in [9.17, 15) is 0 Å². The highest BCUT2D eigenvalue weighted by Gasteiger charge is 2.56. The van der Waals surface area contributed by atoms with E-state index in [0.717, 1.165) is 0 Å². The van der Waals surface area contributed by atoms with Crippen molar-refractivity contribution in [2.45, 2.75) is 26.7 Å². The van der Waals surface area contributed by atoms with E-state index in [4.69, 9.17) is 18.9 Å². The van der Waals surface area contributed by atoms with E-state index in [1.807, 2.05) is 20.8 Å². The van der Waals surface area contributed by atoms with Crippen molar-refractivity contribution in [1.82, 2.24) is 0 Å². The Labute approximate surface area is 85.5 Å². The first-order valence-corrected chi connectivity index (χ1v) is 5.05. The van der Waals surface area contributed by atoms with E-state index >= 15 is 0 Å². The molecule has 1 saturated heterocycles. The second kappa shape index (κ2) is 4.57. The van der Waals surface area contributed by atoms with Crippen LogP contribution in [0.15, 0.2) is 0 Å². The fraction of sp³-hybridized carbons (Fsp3) is 1.00. The van der Waals surface area contributed by atoms with Crippen LogP contribution >= 0.6 is 0 Å². The minimum atomic E-state index is -0.950. The van der Waals surface area contributed by atoms with Gasteiger partial charge in [-0.15, -0.1) is 0 Å². The molecule has 4 heteroatoms. The highest BCUT2D eigenvalue weighted by molar-refractivity contribution is 4.90. The van der Waals surface area contributed by atoms with Gasteiger partial charge in [-0.25, -0.2) is 0 Å². The van der Waals surface area contributed by atoms with Crippen LogP contribution in [-0.4, -0.2) is 39.5 Å². The molecule has 1 rings (SSSR count). The van der Waals surface area contributed by atoms with Crippen molar-refractivity contribution in [3.05, 3.63) is 0 Å². The predicted molar refractivity (Wildman–Crippen MR) is 51.9 cm³/mol. The molecule has 0 aromatic rings. The SMILES string of the molecule is CCOC(OC)(OCC)C1(C)COC1. The van der Waals surface area contributed by atoms with Gasteiger partial charge in [0.1, 0.15) is 0 Å². The van der Waals surface area contributed by atoms with Gasteiger partial charge in [0.2, 0.25) is 0 Å². The van der Waals surface area contributed by atoms with Gasteiger partial charge in [0, 0.05) is 20.3 Å². The maximum absolute atomic E-state index is 5.60. The maximum atomic E-state index is 5.60. The first-order valence-electron chi connectivity index (χ1n) is 5.05. The number of ether oxygens (including phenoxy) is 4. The topological polar surface area (TPSA) is 36.9 Å². The number of methoxy groups -OCH3 is 1. The Hall–Kier alpha value is -0.160. The van der Waals surface area contributed by atoms with Crippen LogP contribution in [0.5, 0.6) is 0 Å². The zero-order valence-electron chi connectivity index (χ0n) is 9.46. The highest BCUT2D eigenvalue weighted by Crippen LogP contribution is 2.42. The van der Waals surface area contributed by atoms with Crippen LogP contribution in [0, 0.1) is 5.41 Å². The lowest BCUT2D eigenvalue weighted by Crippen LogP contribution is -2.62. The molecule has 0 atom stereocenters. The first kappa shape index (κ1) is 11.9. The van der Waals surface area contributed by atoms with E-state index in [1.165, 1.54) is 0 Å². The van der Waals surface area contributed by atoms with Crippen molar-refractivity contribution < 1.29 is 18.9 Å². The summed E-state index contributed by atoms with van der Waals surface area (Å²) in [5, 5.41) is 0. The normalized spacial score (nSPS) is 20.6. The molecule has 14 heavy (non-hydrogen) atoms. The van der Waals surface area contributed by atoms with Gasteiger partial charge in [0.25, 0.3) is 5.97 Å². The Morgan fingerprint density at radius 1 is 1.21 bits per heavy atom. The number of hydrogen-bond donors (Lipinski definition) is 0. The van der Waals surface area contributed by atoms with E-state index < -0.39 is 5.97 Å². The molecule has 0 amide bonds. The molecular weight excluding hydrogens is 184 g/mol. The van der Waals surface area contributed by atoms with Gasteiger partial charge in [0.15, 0.2) is 0 Å². The van der Waals surface area contributed by atoms with Gasteiger partial charge in [-0.2, -0.15) is 0 Å². The summed E-state index contributed by atoms with van der Waals surface area (Å²) in [6.45, 7) is 8.24. The summed E-state index contributed by atoms with van der Waals surface area (Å²) in [7, 11) is 1.61. The smallest absolute Gasteiger partial charge is 0.292 e. The van der Waals surface area contributed by atoms with Gasteiger partial charge in [-0.05, 0) is 20.8 Å². The third-order valence-corrected chi connectivity index (χ3v) is 2.52. The molecule has 0 radical (unpaired) electrons. The zero-order valence-corrected chi connectivity index (χ0v) is 9.46. The monoisotopic (exact) mass is 204 g/mol. The Kier molecular flexibility index (Phi) is 3.89. The Bertz CT molecular complexity index is 171. The van der Waals surface area contributed by atoms with Crippen LogP contribution in [0.1, 0.15) is 20.8 Å². The van der Waals surface area contributed by atoms with Gasteiger partial charge < -0.3 is 18.9 Å². The third kappa shape index (κ3) is 1.80. The molecular formula is C10H20O4. The molecule has 0 aromatic heterocycles. The summed E-state index contributed by atoms with van der Waals surface area (Å²) < 4.78 is 21.8. The maximum Gasteiger partial charge on any atom is 0.292 e. The van der Waals surface area contributed by atoms with E-state index in [1.54, 1.807) is 7.11 Å². The van der Waals surface area contributed by atoms with Crippen LogP contribution in [0.3, 0.4) is 0 Å². The molecule has 0 saturated carbocycles. The standard InChI is InChI=1S/C10H20O4/c1-5-13-10(11-4,14-6-2)9(3)7-12-8-9/h5-8H2,1-4H3. The Balaban J connectivity index is 2.76. The fourth-order valence-corrected chi connectivity index (χ4v) is 1.72. The molecule has 84 valence electrons. The van der Waals surface area contributed by atoms with Gasteiger partial charge in [0.05, 0.1) is 18.6 Å². The van der Waals surface area contributed by atoms with Crippen LogP contribution in [-0.2, 0) is 18.9 Å². The average molecular weight is 204 g/mol. The molecule has 0 unspecified atom stereocenters. The molecule has 1 fully saturated rings. The van der Waals surface area contributed by atoms with Crippen molar-refractivity contribution in [3.8, 4) is 0 Å². The Morgan fingerprint density at radius 3 is 1.93 bits per heavy atom. The molecule has 0 bridgehead atoms. The van der Waals surface area contributed by atoms with E-state index in [2.05, 4.69) is 0 Å². The van der Waals surface area contributed by atoms with Gasteiger partial charge in [-0.1, -0.05) is 0 Å². The van der Waals surface area contributed by atoms with Crippen LogP contribution in [0.4, 0.5) is 0 Å². The molecule has 1 aliphatic rings. The van der Waals surface area contributed by atoms with Crippen molar-refractivity contribution in [2.75, 3.05) is 33.5 Å². The summed E-state index contributed by atoms with van der Waals surface area (Å²) in [6.07, 6.45) is 0. The number of hydrogen-bond acceptors (Lipinski definition) is 4. The molecule has 4 nitrogen and oxygen atoms in total. The van der Waals surface area contributed by atoms with Crippen molar-refractivity contribution in [2.24, 2.45) is 5.41 Å². The predicted octanol–water partition coefficient (Wildman–Crippen LogP) is 1.40. The minimum absolute atomic E-state index is 0.201. The Morgan fingerprint density at radius 2 is 1.71 bits per heavy atom. The third-order valence-electron chi connectivity index (χ3n) is 2.52. The summed E-state index contributed by atoms with van der Waals surface area (Å²) >= 11 is 0. The van der Waals surface area contributed by atoms with E-state index in [-0.39, 0.29) is 5.41 Å². The molecule has 0 spiro atoms. The summed E-state index contributed by atoms with van der Waals surface area (Å²) in [4.78, 5) is 0. The zero-order chi connectivity index (χ0) is 10.7. The van der Waals surface area contributed by atoms with Gasteiger partial charge in [-0.3, -0.25) is 0 Å². The van der Waals surface area contributed by atoms with Crippen molar-refractivity contribution in [3.63, 3.8) is 0 Å². The van der Waals surface area contributed by atoms with Gasteiger partial charge >= 0.3 is 0 Å². The van der Waals surface area contributed by atoms with Crippen molar-refractivity contribution in [1.29, 1.82) is 0 Å². The quantitative estimate of drug-likeness (QED) is 0.613. The first-order chi connectivity index (χ1) is 6.64. The molecule has 1 aliphatic heterocycles. The lowest BCUT2D eigenvalue weighted by Gasteiger charge is -2.50. The lowest BCUT2D eigenvalue weighted by molar-refractivity contribution is -0.447.